The van der Waals surface area contributed by atoms with Gasteiger partial charge < -0.3 is 9.84 Å². The molecular weight excluding hydrogens is 352 g/mol. The summed E-state index contributed by atoms with van der Waals surface area (Å²) in [5.74, 6) is 0.688. The maximum Gasteiger partial charge on any atom is 0.159 e. The van der Waals surface area contributed by atoms with Crippen molar-refractivity contribution in [2.45, 2.75) is 18.9 Å². The van der Waals surface area contributed by atoms with Crippen molar-refractivity contribution in [3.63, 3.8) is 0 Å². The molecule has 4 aromatic rings. The molecule has 0 atom stereocenters. The molecule has 0 amide bonds. The standard InChI is InChI=1S/C21H20N6O/c1-2-15(19-12-26-28-14-19)8-16(3-1)21-23-9-17(10-24-21)18-11-25-27(13-18)20-4-6-22-7-5-20/h1-3,8-14,20,22H,4-7H2. The van der Waals surface area contributed by atoms with Gasteiger partial charge in [-0.15, -0.1) is 0 Å². The summed E-state index contributed by atoms with van der Waals surface area (Å²) in [5.41, 5.74) is 4.93. The molecule has 1 aliphatic rings. The van der Waals surface area contributed by atoms with Crippen LogP contribution >= 0.6 is 0 Å². The van der Waals surface area contributed by atoms with Gasteiger partial charge in [0.05, 0.1) is 18.4 Å². The number of piperidine rings is 1. The lowest BCUT2D eigenvalue weighted by atomic mass is 10.1. The Morgan fingerprint density at radius 3 is 2.50 bits per heavy atom. The largest absolute Gasteiger partial charge is 0.364 e. The van der Waals surface area contributed by atoms with Crippen LogP contribution in [-0.2, 0) is 0 Å². The Labute approximate surface area is 162 Å². The first-order valence-corrected chi connectivity index (χ1v) is 9.44. The minimum Gasteiger partial charge on any atom is -0.364 e. The zero-order chi connectivity index (χ0) is 18.8. The van der Waals surface area contributed by atoms with Crippen molar-refractivity contribution in [3.8, 4) is 33.6 Å². The third-order valence-corrected chi connectivity index (χ3v) is 5.16. The number of aromatic nitrogens is 5. The highest BCUT2D eigenvalue weighted by Crippen LogP contribution is 2.26. The van der Waals surface area contributed by atoms with Gasteiger partial charge in [0.15, 0.2) is 5.82 Å². The van der Waals surface area contributed by atoms with E-state index in [9.17, 15) is 0 Å². The van der Waals surface area contributed by atoms with E-state index in [1.54, 1.807) is 12.5 Å². The Hall–Kier alpha value is -3.32. The Balaban J connectivity index is 1.38. The van der Waals surface area contributed by atoms with E-state index < -0.39 is 0 Å². The maximum atomic E-state index is 4.93. The molecule has 0 bridgehead atoms. The SMILES string of the molecule is c1cc(-c2cnoc2)cc(-c2ncc(-c3cnn(C4CCNCC4)c3)cn2)c1. The molecule has 7 heteroatoms. The Morgan fingerprint density at radius 1 is 0.893 bits per heavy atom. The van der Waals surface area contributed by atoms with E-state index in [0.29, 0.717) is 11.9 Å². The first kappa shape index (κ1) is 16.8. The molecule has 0 aliphatic carbocycles. The zero-order valence-electron chi connectivity index (χ0n) is 15.3. The van der Waals surface area contributed by atoms with Crippen LogP contribution in [0.15, 0.2) is 66.0 Å². The van der Waals surface area contributed by atoms with Gasteiger partial charge in [0, 0.05) is 40.8 Å². The summed E-state index contributed by atoms with van der Waals surface area (Å²) in [5, 5.41) is 11.7. The molecule has 0 saturated carbocycles. The van der Waals surface area contributed by atoms with E-state index >= 15 is 0 Å². The van der Waals surface area contributed by atoms with E-state index in [0.717, 1.165) is 53.7 Å². The lowest BCUT2D eigenvalue weighted by Gasteiger charge is -2.22. The smallest absolute Gasteiger partial charge is 0.159 e. The third kappa shape index (κ3) is 3.32. The number of benzene rings is 1. The highest BCUT2D eigenvalue weighted by Gasteiger charge is 2.16. The molecule has 3 aromatic heterocycles. The lowest BCUT2D eigenvalue weighted by Crippen LogP contribution is -2.29. The molecule has 140 valence electrons. The first-order valence-electron chi connectivity index (χ1n) is 9.44. The number of nitrogens with one attached hydrogen (secondary N) is 1. The Morgan fingerprint density at radius 2 is 1.71 bits per heavy atom. The summed E-state index contributed by atoms with van der Waals surface area (Å²) in [6.07, 6.45) is 13.3. The lowest BCUT2D eigenvalue weighted by molar-refractivity contribution is 0.343. The molecule has 0 radical (unpaired) electrons. The van der Waals surface area contributed by atoms with Crippen molar-refractivity contribution in [2.24, 2.45) is 0 Å². The van der Waals surface area contributed by atoms with Crippen LogP contribution in [0.3, 0.4) is 0 Å². The van der Waals surface area contributed by atoms with Crippen LogP contribution in [0.2, 0.25) is 0 Å². The number of hydrogen-bond acceptors (Lipinski definition) is 6. The monoisotopic (exact) mass is 372 g/mol. The van der Waals surface area contributed by atoms with E-state index in [1.165, 1.54) is 0 Å². The van der Waals surface area contributed by atoms with Gasteiger partial charge in [-0.1, -0.05) is 23.4 Å². The zero-order valence-corrected chi connectivity index (χ0v) is 15.3. The van der Waals surface area contributed by atoms with Crippen LogP contribution in [0.4, 0.5) is 0 Å². The normalized spacial score (nSPS) is 15.0. The van der Waals surface area contributed by atoms with Crippen LogP contribution in [0, 0.1) is 0 Å². The van der Waals surface area contributed by atoms with Gasteiger partial charge in [-0.2, -0.15) is 5.10 Å². The van der Waals surface area contributed by atoms with Crippen molar-refractivity contribution in [3.05, 3.63) is 61.5 Å². The van der Waals surface area contributed by atoms with Crippen molar-refractivity contribution in [1.82, 2.24) is 30.2 Å². The third-order valence-electron chi connectivity index (χ3n) is 5.16. The fourth-order valence-electron chi connectivity index (χ4n) is 3.57. The second-order valence-electron chi connectivity index (χ2n) is 6.98. The average Bonchev–Trinajstić information content (AvgIpc) is 3.47. The fraction of sp³-hybridized carbons (Fsp3) is 0.238. The van der Waals surface area contributed by atoms with Gasteiger partial charge >= 0.3 is 0 Å². The van der Waals surface area contributed by atoms with Crippen molar-refractivity contribution in [2.75, 3.05) is 13.1 Å². The molecular formula is C21H20N6O. The number of hydrogen-bond donors (Lipinski definition) is 1. The fourth-order valence-corrected chi connectivity index (χ4v) is 3.57. The van der Waals surface area contributed by atoms with E-state index in [2.05, 4.69) is 36.4 Å². The summed E-state index contributed by atoms with van der Waals surface area (Å²) in [4.78, 5) is 9.14. The molecule has 0 spiro atoms. The molecule has 4 heterocycles. The van der Waals surface area contributed by atoms with Crippen LogP contribution in [0.25, 0.3) is 33.6 Å². The second-order valence-corrected chi connectivity index (χ2v) is 6.98. The molecule has 5 rings (SSSR count). The summed E-state index contributed by atoms with van der Waals surface area (Å²) in [6, 6.07) is 8.51. The average molecular weight is 372 g/mol. The predicted octanol–water partition coefficient (Wildman–Crippen LogP) is 3.59. The van der Waals surface area contributed by atoms with Gasteiger partial charge in [-0.3, -0.25) is 4.68 Å². The summed E-state index contributed by atoms with van der Waals surface area (Å²) < 4.78 is 7.01. The van der Waals surface area contributed by atoms with E-state index in [4.69, 9.17) is 4.52 Å². The van der Waals surface area contributed by atoms with Crippen molar-refractivity contribution >= 4 is 0 Å². The van der Waals surface area contributed by atoms with Crippen molar-refractivity contribution in [1.29, 1.82) is 0 Å². The van der Waals surface area contributed by atoms with Gasteiger partial charge in [0.1, 0.15) is 6.26 Å². The quantitative estimate of drug-likeness (QED) is 0.590. The number of nitrogens with zero attached hydrogens (tertiary/aromatic N) is 5. The molecule has 0 unspecified atom stereocenters. The predicted molar refractivity (Wildman–Crippen MR) is 105 cm³/mol. The van der Waals surface area contributed by atoms with Crippen LogP contribution in [0.5, 0.6) is 0 Å². The Kier molecular flexibility index (Phi) is 4.42. The topological polar surface area (TPSA) is 81.7 Å². The minimum atomic E-state index is 0.468. The molecule has 28 heavy (non-hydrogen) atoms. The summed E-state index contributed by atoms with van der Waals surface area (Å²) in [6.45, 7) is 2.09. The van der Waals surface area contributed by atoms with Crippen LogP contribution < -0.4 is 5.32 Å². The van der Waals surface area contributed by atoms with E-state index in [-0.39, 0.29) is 0 Å². The van der Waals surface area contributed by atoms with Crippen molar-refractivity contribution < 1.29 is 4.52 Å². The molecule has 1 aromatic carbocycles. The molecule has 7 nitrogen and oxygen atoms in total. The number of rotatable bonds is 4. The van der Waals surface area contributed by atoms with E-state index in [1.807, 2.05) is 42.9 Å². The molecule has 1 aliphatic heterocycles. The molecule has 1 N–H and O–H groups in total. The van der Waals surface area contributed by atoms with Crippen LogP contribution in [0.1, 0.15) is 18.9 Å². The summed E-state index contributed by atoms with van der Waals surface area (Å²) >= 11 is 0. The highest BCUT2D eigenvalue weighted by molar-refractivity contribution is 5.69. The highest BCUT2D eigenvalue weighted by atomic mass is 16.5. The van der Waals surface area contributed by atoms with Gasteiger partial charge in [0.2, 0.25) is 0 Å². The van der Waals surface area contributed by atoms with Crippen LogP contribution in [-0.4, -0.2) is 38.0 Å². The van der Waals surface area contributed by atoms with Gasteiger partial charge in [-0.25, -0.2) is 9.97 Å². The molecule has 1 saturated heterocycles. The summed E-state index contributed by atoms with van der Waals surface area (Å²) in [7, 11) is 0. The first-order chi connectivity index (χ1) is 13.9. The van der Waals surface area contributed by atoms with Gasteiger partial charge in [0.25, 0.3) is 0 Å². The maximum absolute atomic E-state index is 4.93. The minimum absolute atomic E-state index is 0.468. The molecule has 1 fully saturated rings. The second kappa shape index (κ2) is 7.36. The van der Waals surface area contributed by atoms with Gasteiger partial charge in [-0.05, 0) is 37.6 Å². The Bertz CT molecular complexity index is 1050.